The van der Waals surface area contributed by atoms with E-state index in [0.717, 1.165) is 0 Å². The molecule has 0 fully saturated rings. The molecular weight excluding hydrogens is 392 g/mol. The lowest BCUT2D eigenvalue weighted by molar-refractivity contribution is -0.143. The predicted octanol–water partition coefficient (Wildman–Crippen LogP) is 3.60. The SMILES string of the molecule is CCOC(=O)C(C(=O)c1ccc(CS(=O)O)cc1Cl)c1ccc(OC)cc1. The van der Waals surface area contributed by atoms with E-state index < -0.39 is 28.8 Å². The zero-order valence-corrected chi connectivity index (χ0v) is 16.4. The molecule has 2 atom stereocenters. The Morgan fingerprint density at radius 3 is 2.37 bits per heavy atom. The quantitative estimate of drug-likeness (QED) is 0.309. The molecule has 0 bridgehead atoms. The number of methoxy groups -OCH3 is 1. The van der Waals surface area contributed by atoms with Gasteiger partial charge in [-0.25, -0.2) is 4.21 Å². The van der Waals surface area contributed by atoms with Gasteiger partial charge in [0.05, 0.1) is 24.5 Å². The monoisotopic (exact) mass is 410 g/mol. The summed E-state index contributed by atoms with van der Waals surface area (Å²) < 4.78 is 30.1. The normalized spacial score (nSPS) is 12.9. The number of esters is 1. The second kappa shape index (κ2) is 9.64. The first-order valence-electron chi connectivity index (χ1n) is 8.08. The average molecular weight is 411 g/mol. The summed E-state index contributed by atoms with van der Waals surface area (Å²) in [6.07, 6.45) is 0. The molecule has 0 amide bonds. The summed E-state index contributed by atoms with van der Waals surface area (Å²) in [7, 11) is 1.52. The second-order valence-electron chi connectivity index (χ2n) is 5.60. The van der Waals surface area contributed by atoms with E-state index in [1.165, 1.54) is 25.3 Å². The molecule has 0 heterocycles. The Labute approximate surface area is 164 Å². The maximum atomic E-state index is 13.0. The predicted molar refractivity (Wildman–Crippen MR) is 103 cm³/mol. The lowest BCUT2D eigenvalue weighted by Crippen LogP contribution is -2.24. The number of ketones is 1. The van der Waals surface area contributed by atoms with E-state index in [9.17, 15) is 13.8 Å². The van der Waals surface area contributed by atoms with Crippen LogP contribution in [0.2, 0.25) is 5.02 Å². The van der Waals surface area contributed by atoms with Gasteiger partial charge in [0, 0.05) is 5.56 Å². The maximum Gasteiger partial charge on any atom is 0.321 e. The fourth-order valence-electron chi connectivity index (χ4n) is 2.56. The molecule has 0 aromatic heterocycles. The van der Waals surface area contributed by atoms with Gasteiger partial charge in [-0.1, -0.05) is 29.8 Å². The van der Waals surface area contributed by atoms with Crippen molar-refractivity contribution in [3.05, 3.63) is 64.2 Å². The summed E-state index contributed by atoms with van der Waals surface area (Å²) in [5, 5.41) is 0.103. The van der Waals surface area contributed by atoms with Crippen LogP contribution < -0.4 is 4.74 Å². The van der Waals surface area contributed by atoms with Gasteiger partial charge >= 0.3 is 5.97 Å². The Kier molecular flexibility index (Phi) is 7.53. The first-order valence-corrected chi connectivity index (χ1v) is 9.73. The molecule has 27 heavy (non-hydrogen) atoms. The number of rotatable bonds is 8. The number of halogens is 1. The van der Waals surface area contributed by atoms with Crippen LogP contribution in [-0.2, 0) is 26.4 Å². The standard InChI is InChI=1S/C19H19ClO6S/c1-3-26-19(22)17(13-5-7-14(25-2)8-6-13)18(21)15-9-4-12(10-16(15)20)11-27(23)24/h4-10,17H,3,11H2,1-2H3,(H,23,24). The average Bonchev–Trinajstić information content (AvgIpc) is 2.62. The summed E-state index contributed by atoms with van der Waals surface area (Å²) in [5.74, 6) is -1.88. The van der Waals surface area contributed by atoms with Gasteiger partial charge in [-0.05, 0) is 42.3 Å². The number of Topliss-reactive ketones (excluding diaryl/α,β-unsaturated/α-hetero) is 1. The Hall–Kier alpha value is -2.22. The third-order valence-electron chi connectivity index (χ3n) is 3.82. The number of hydrogen-bond donors (Lipinski definition) is 1. The zero-order chi connectivity index (χ0) is 20.0. The highest BCUT2D eigenvalue weighted by atomic mass is 35.5. The molecule has 0 radical (unpaired) electrons. The van der Waals surface area contributed by atoms with Gasteiger partial charge in [0.1, 0.15) is 11.7 Å². The minimum Gasteiger partial charge on any atom is -0.497 e. The lowest BCUT2D eigenvalue weighted by atomic mass is 9.90. The van der Waals surface area contributed by atoms with Crippen molar-refractivity contribution >= 4 is 34.4 Å². The van der Waals surface area contributed by atoms with Crippen molar-refractivity contribution in [2.45, 2.75) is 18.6 Å². The third kappa shape index (κ3) is 5.38. The van der Waals surface area contributed by atoms with E-state index in [0.29, 0.717) is 16.9 Å². The molecule has 0 spiro atoms. The van der Waals surface area contributed by atoms with Crippen LogP contribution in [0.25, 0.3) is 0 Å². The first kappa shape index (κ1) is 21.1. The number of ether oxygens (including phenoxy) is 2. The zero-order valence-electron chi connectivity index (χ0n) is 14.8. The van der Waals surface area contributed by atoms with Crippen molar-refractivity contribution < 1.29 is 27.8 Å². The Morgan fingerprint density at radius 1 is 1.19 bits per heavy atom. The van der Waals surface area contributed by atoms with Crippen LogP contribution in [0.4, 0.5) is 0 Å². The molecule has 0 saturated heterocycles. The van der Waals surface area contributed by atoms with Crippen LogP contribution in [0.3, 0.4) is 0 Å². The van der Waals surface area contributed by atoms with Crippen LogP contribution in [0.5, 0.6) is 5.75 Å². The van der Waals surface area contributed by atoms with Crippen LogP contribution >= 0.6 is 11.6 Å². The van der Waals surface area contributed by atoms with Crippen LogP contribution in [0, 0.1) is 0 Å². The molecule has 0 aliphatic rings. The fourth-order valence-corrected chi connectivity index (χ4v) is 3.32. The van der Waals surface area contributed by atoms with Crippen LogP contribution in [0.1, 0.15) is 34.3 Å². The van der Waals surface area contributed by atoms with E-state index in [4.69, 9.17) is 25.6 Å². The van der Waals surface area contributed by atoms with E-state index in [1.807, 2.05) is 0 Å². The van der Waals surface area contributed by atoms with Crippen molar-refractivity contribution in [1.82, 2.24) is 0 Å². The van der Waals surface area contributed by atoms with E-state index in [-0.39, 0.29) is 22.9 Å². The summed E-state index contributed by atoms with van der Waals surface area (Å²) in [4.78, 5) is 25.5. The summed E-state index contributed by atoms with van der Waals surface area (Å²) in [6, 6.07) is 11.0. The van der Waals surface area contributed by atoms with Gasteiger partial charge in [-0.2, -0.15) is 0 Å². The highest BCUT2D eigenvalue weighted by molar-refractivity contribution is 7.78. The summed E-state index contributed by atoms with van der Waals surface area (Å²) >= 11 is 4.17. The molecule has 8 heteroatoms. The van der Waals surface area contributed by atoms with Gasteiger partial charge < -0.3 is 14.0 Å². The maximum absolute atomic E-state index is 13.0. The minimum absolute atomic E-state index is 0.103. The molecule has 144 valence electrons. The van der Waals surface area contributed by atoms with Gasteiger partial charge in [-0.15, -0.1) is 0 Å². The fraction of sp³-hybridized carbons (Fsp3) is 0.263. The number of carbonyl (C=O) groups is 2. The summed E-state index contributed by atoms with van der Waals surface area (Å²) in [5.41, 5.74) is 1.10. The van der Waals surface area contributed by atoms with Gasteiger partial charge in [0.2, 0.25) is 0 Å². The number of benzene rings is 2. The van der Waals surface area contributed by atoms with E-state index in [2.05, 4.69) is 0 Å². The van der Waals surface area contributed by atoms with Gasteiger partial charge in [0.15, 0.2) is 16.9 Å². The minimum atomic E-state index is -2.02. The van der Waals surface area contributed by atoms with Crippen molar-refractivity contribution in [2.24, 2.45) is 0 Å². The van der Waals surface area contributed by atoms with Crippen molar-refractivity contribution in [2.75, 3.05) is 13.7 Å². The molecule has 0 aliphatic heterocycles. The van der Waals surface area contributed by atoms with Crippen molar-refractivity contribution in [1.29, 1.82) is 0 Å². The largest absolute Gasteiger partial charge is 0.497 e. The molecule has 2 unspecified atom stereocenters. The molecule has 0 aliphatic carbocycles. The second-order valence-corrected chi connectivity index (χ2v) is 6.94. The molecular formula is C19H19ClO6S. The topological polar surface area (TPSA) is 89.9 Å². The first-order chi connectivity index (χ1) is 12.9. The van der Waals surface area contributed by atoms with E-state index >= 15 is 0 Å². The van der Waals surface area contributed by atoms with Gasteiger partial charge in [0.25, 0.3) is 0 Å². The molecule has 2 aromatic rings. The highest BCUT2D eigenvalue weighted by Gasteiger charge is 2.32. The number of hydrogen-bond acceptors (Lipinski definition) is 5. The highest BCUT2D eigenvalue weighted by Crippen LogP contribution is 2.29. The van der Waals surface area contributed by atoms with E-state index in [1.54, 1.807) is 31.2 Å². The molecule has 0 saturated carbocycles. The van der Waals surface area contributed by atoms with Crippen LogP contribution in [0.15, 0.2) is 42.5 Å². The Bertz CT molecular complexity index is 850. The number of carbonyl (C=O) groups excluding carboxylic acids is 2. The smallest absolute Gasteiger partial charge is 0.321 e. The molecule has 2 rings (SSSR count). The summed E-state index contributed by atoms with van der Waals surface area (Å²) in [6.45, 7) is 1.79. The molecule has 1 N–H and O–H groups in total. The van der Waals surface area contributed by atoms with Crippen molar-refractivity contribution in [3.8, 4) is 5.75 Å². The Balaban J connectivity index is 2.41. The molecule has 2 aromatic carbocycles. The van der Waals surface area contributed by atoms with Gasteiger partial charge in [-0.3, -0.25) is 9.59 Å². The lowest BCUT2D eigenvalue weighted by Gasteiger charge is -2.16. The Morgan fingerprint density at radius 2 is 1.85 bits per heavy atom. The molecule has 6 nitrogen and oxygen atoms in total. The van der Waals surface area contributed by atoms with Crippen LogP contribution in [-0.4, -0.2) is 34.2 Å². The van der Waals surface area contributed by atoms with Crippen molar-refractivity contribution in [3.63, 3.8) is 0 Å². The third-order valence-corrected chi connectivity index (χ3v) is 4.72.